The fourth-order valence-corrected chi connectivity index (χ4v) is 1.31. The van der Waals surface area contributed by atoms with Crippen LogP contribution in [0, 0.1) is 11.3 Å². The van der Waals surface area contributed by atoms with E-state index in [1.165, 1.54) is 0 Å². The monoisotopic (exact) mass is 282 g/mol. The predicted octanol–water partition coefficient (Wildman–Crippen LogP) is 2.04. The van der Waals surface area contributed by atoms with Crippen molar-refractivity contribution in [1.82, 2.24) is 15.0 Å². The van der Waals surface area contributed by atoms with Gasteiger partial charge < -0.3 is 10.1 Å². The first-order valence-electron chi connectivity index (χ1n) is 6.85. The van der Waals surface area contributed by atoms with E-state index in [4.69, 9.17) is 10.6 Å². The van der Waals surface area contributed by atoms with E-state index >= 15 is 0 Å². The summed E-state index contributed by atoms with van der Waals surface area (Å²) in [4.78, 5) is 12.4. The highest BCUT2D eigenvalue weighted by atomic mass is 16.5. The highest BCUT2D eigenvalue weighted by molar-refractivity contribution is 5.34. The molecule has 0 aromatic carbocycles. The van der Waals surface area contributed by atoms with Crippen LogP contribution < -0.4 is 21.3 Å². The second-order valence-corrected chi connectivity index (χ2v) is 6.22. The minimum absolute atomic E-state index is 0.00984. The zero-order valence-electron chi connectivity index (χ0n) is 13.2. The van der Waals surface area contributed by atoms with Gasteiger partial charge in [0, 0.05) is 6.54 Å². The largest absolute Gasteiger partial charge is 0.461 e. The standard InChI is InChI=1S/C13H26N6O/c1-8(2)20-12-17-10(16-11(18-12)19-14)15-7-9(3)13(4,5)6/h8-9H,7,14H2,1-6H3,(H2,15,16,17,18,19). The van der Waals surface area contributed by atoms with Gasteiger partial charge in [-0.1, -0.05) is 27.7 Å². The summed E-state index contributed by atoms with van der Waals surface area (Å²) in [5, 5.41) is 3.20. The van der Waals surface area contributed by atoms with Gasteiger partial charge in [-0.15, -0.1) is 0 Å². The van der Waals surface area contributed by atoms with Gasteiger partial charge in [0.1, 0.15) is 0 Å². The third-order valence-electron chi connectivity index (χ3n) is 3.13. The zero-order valence-corrected chi connectivity index (χ0v) is 13.2. The van der Waals surface area contributed by atoms with Gasteiger partial charge in [-0.25, -0.2) is 5.84 Å². The van der Waals surface area contributed by atoms with Gasteiger partial charge in [0.05, 0.1) is 6.10 Å². The molecule has 1 heterocycles. The Morgan fingerprint density at radius 1 is 1.10 bits per heavy atom. The Balaban J connectivity index is 2.78. The van der Waals surface area contributed by atoms with Crippen LogP contribution in [0.2, 0.25) is 0 Å². The normalized spacial score (nSPS) is 13.2. The Hall–Kier alpha value is -1.63. The summed E-state index contributed by atoms with van der Waals surface area (Å²) in [6.07, 6.45) is -0.00984. The van der Waals surface area contributed by atoms with Crippen molar-refractivity contribution < 1.29 is 4.74 Å². The fraction of sp³-hybridized carbons (Fsp3) is 0.769. The first-order valence-corrected chi connectivity index (χ1v) is 6.85. The number of nitrogens with one attached hydrogen (secondary N) is 2. The topological polar surface area (TPSA) is 98.0 Å². The lowest BCUT2D eigenvalue weighted by molar-refractivity contribution is 0.222. The second kappa shape index (κ2) is 6.69. The molecule has 0 fully saturated rings. The van der Waals surface area contributed by atoms with Gasteiger partial charge in [0.2, 0.25) is 11.9 Å². The molecule has 7 heteroatoms. The number of hydrogen-bond donors (Lipinski definition) is 3. The summed E-state index contributed by atoms with van der Waals surface area (Å²) in [5.74, 6) is 6.56. The van der Waals surface area contributed by atoms with E-state index in [1.807, 2.05) is 13.8 Å². The number of rotatable bonds is 6. The van der Waals surface area contributed by atoms with Gasteiger partial charge in [0.15, 0.2) is 0 Å². The molecule has 1 rings (SSSR count). The highest BCUT2D eigenvalue weighted by Gasteiger charge is 2.20. The first kappa shape index (κ1) is 16.4. The van der Waals surface area contributed by atoms with Gasteiger partial charge >= 0.3 is 6.01 Å². The summed E-state index contributed by atoms with van der Waals surface area (Å²) in [6, 6.07) is 0.258. The van der Waals surface area contributed by atoms with E-state index in [9.17, 15) is 0 Å². The number of nitrogen functional groups attached to an aromatic ring is 1. The smallest absolute Gasteiger partial charge is 0.323 e. The Kier molecular flexibility index (Phi) is 5.50. The van der Waals surface area contributed by atoms with Crippen molar-refractivity contribution in [2.24, 2.45) is 17.2 Å². The zero-order chi connectivity index (χ0) is 15.3. The van der Waals surface area contributed by atoms with Crippen LogP contribution >= 0.6 is 0 Å². The van der Waals surface area contributed by atoms with E-state index in [1.54, 1.807) is 0 Å². The average molecular weight is 282 g/mol. The van der Waals surface area contributed by atoms with E-state index in [-0.39, 0.29) is 23.5 Å². The number of hydrogen-bond acceptors (Lipinski definition) is 7. The van der Waals surface area contributed by atoms with Crippen LogP contribution in [0.15, 0.2) is 0 Å². The molecule has 0 saturated heterocycles. The Morgan fingerprint density at radius 2 is 1.70 bits per heavy atom. The van der Waals surface area contributed by atoms with Crippen LogP contribution in [0.5, 0.6) is 6.01 Å². The van der Waals surface area contributed by atoms with Crippen LogP contribution in [0.4, 0.5) is 11.9 Å². The van der Waals surface area contributed by atoms with Gasteiger partial charge in [0.25, 0.3) is 0 Å². The molecule has 0 amide bonds. The van der Waals surface area contributed by atoms with Crippen molar-refractivity contribution in [2.75, 3.05) is 17.3 Å². The fourth-order valence-electron chi connectivity index (χ4n) is 1.31. The number of nitrogens with two attached hydrogens (primary N) is 1. The molecule has 0 saturated carbocycles. The first-order chi connectivity index (χ1) is 9.22. The lowest BCUT2D eigenvalue weighted by atomic mass is 9.82. The van der Waals surface area contributed by atoms with Crippen molar-refractivity contribution in [3.63, 3.8) is 0 Å². The second-order valence-electron chi connectivity index (χ2n) is 6.22. The third kappa shape index (κ3) is 5.16. The SMILES string of the molecule is CC(C)Oc1nc(NN)nc(NCC(C)C(C)(C)C)n1. The van der Waals surface area contributed by atoms with Crippen molar-refractivity contribution in [1.29, 1.82) is 0 Å². The molecular weight excluding hydrogens is 256 g/mol. The molecule has 0 bridgehead atoms. The molecule has 1 aromatic rings. The van der Waals surface area contributed by atoms with Crippen LogP contribution in [0.1, 0.15) is 41.5 Å². The molecule has 1 unspecified atom stereocenters. The number of nitrogens with zero attached hydrogens (tertiary/aromatic N) is 3. The lowest BCUT2D eigenvalue weighted by Crippen LogP contribution is -2.26. The summed E-state index contributed by atoms with van der Waals surface area (Å²) in [5.41, 5.74) is 2.63. The maximum atomic E-state index is 5.47. The highest BCUT2D eigenvalue weighted by Crippen LogP contribution is 2.25. The Morgan fingerprint density at radius 3 is 2.20 bits per heavy atom. The molecule has 0 radical (unpaired) electrons. The summed E-state index contributed by atoms with van der Waals surface area (Å²) in [7, 11) is 0. The molecule has 4 N–H and O–H groups in total. The van der Waals surface area contributed by atoms with E-state index < -0.39 is 0 Å². The molecular formula is C13H26N6O. The molecule has 20 heavy (non-hydrogen) atoms. The number of hydrazine groups is 1. The molecule has 1 atom stereocenters. The maximum absolute atomic E-state index is 5.47. The maximum Gasteiger partial charge on any atom is 0.323 e. The van der Waals surface area contributed by atoms with Crippen molar-refractivity contribution in [3.05, 3.63) is 0 Å². The van der Waals surface area contributed by atoms with Crippen molar-refractivity contribution in [2.45, 2.75) is 47.6 Å². The van der Waals surface area contributed by atoms with Gasteiger partial charge in [-0.3, -0.25) is 5.43 Å². The lowest BCUT2D eigenvalue weighted by Gasteiger charge is -2.27. The van der Waals surface area contributed by atoms with Crippen molar-refractivity contribution in [3.8, 4) is 6.01 Å². The molecule has 0 spiro atoms. The molecule has 0 aliphatic heterocycles. The minimum atomic E-state index is -0.00984. The molecule has 114 valence electrons. The quantitative estimate of drug-likeness (QED) is 0.542. The summed E-state index contributed by atoms with van der Waals surface area (Å²) >= 11 is 0. The number of ether oxygens (including phenoxy) is 1. The molecule has 0 aliphatic carbocycles. The Bertz CT molecular complexity index is 429. The molecule has 1 aromatic heterocycles. The summed E-state index contributed by atoms with van der Waals surface area (Å²) in [6.45, 7) is 13.4. The van der Waals surface area contributed by atoms with Crippen LogP contribution in [0.3, 0.4) is 0 Å². The Labute approximate surface area is 120 Å². The summed E-state index contributed by atoms with van der Waals surface area (Å²) < 4.78 is 5.47. The molecule has 7 nitrogen and oxygen atoms in total. The predicted molar refractivity (Wildman–Crippen MR) is 80.5 cm³/mol. The van der Waals surface area contributed by atoms with E-state index in [0.29, 0.717) is 11.9 Å². The van der Waals surface area contributed by atoms with Crippen LogP contribution in [-0.4, -0.2) is 27.6 Å². The average Bonchev–Trinajstić information content (AvgIpc) is 2.33. The van der Waals surface area contributed by atoms with Crippen LogP contribution in [-0.2, 0) is 0 Å². The van der Waals surface area contributed by atoms with Crippen molar-refractivity contribution >= 4 is 11.9 Å². The number of anilines is 2. The van der Waals surface area contributed by atoms with Gasteiger partial charge in [-0.05, 0) is 25.2 Å². The van der Waals surface area contributed by atoms with Gasteiger partial charge in [-0.2, -0.15) is 15.0 Å². The van der Waals surface area contributed by atoms with E-state index in [2.05, 4.69) is 53.4 Å². The third-order valence-corrected chi connectivity index (χ3v) is 3.13. The molecule has 0 aliphatic rings. The van der Waals surface area contributed by atoms with Crippen LogP contribution in [0.25, 0.3) is 0 Å². The minimum Gasteiger partial charge on any atom is -0.461 e. The van der Waals surface area contributed by atoms with E-state index in [0.717, 1.165) is 6.54 Å². The number of aromatic nitrogens is 3.